The highest BCUT2D eigenvalue weighted by Crippen LogP contribution is 2.28. The Morgan fingerprint density at radius 2 is 1.88 bits per heavy atom. The minimum atomic E-state index is -1.27. The first-order valence-electron chi connectivity index (χ1n) is 11.0. The molecular formula is C23H35N3O4SSi. The van der Waals surface area contributed by atoms with Crippen LogP contribution in [-0.2, 0) is 11.2 Å². The maximum atomic E-state index is 13.5. The van der Waals surface area contributed by atoms with E-state index in [-0.39, 0.29) is 28.3 Å². The van der Waals surface area contributed by atoms with Crippen molar-refractivity contribution in [1.29, 1.82) is 0 Å². The highest BCUT2D eigenvalue weighted by atomic mass is 32.2. The molecule has 2 aromatic rings. The maximum absolute atomic E-state index is 13.5. The van der Waals surface area contributed by atoms with Crippen LogP contribution in [0.2, 0.25) is 25.7 Å². The van der Waals surface area contributed by atoms with Crippen LogP contribution in [0.3, 0.4) is 0 Å². The number of carbonyl (C=O) groups is 1. The van der Waals surface area contributed by atoms with Gasteiger partial charge in [0.25, 0.3) is 5.56 Å². The lowest BCUT2D eigenvalue weighted by Crippen LogP contribution is -2.32. The number of ether oxygens (including phenoxy) is 1. The Morgan fingerprint density at radius 1 is 1.22 bits per heavy atom. The molecule has 0 saturated heterocycles. The molecule has 9 heteroatoms. The number of hydrogen-bond acceptors (Lipinski definition) is 6. The van der Waals surface area contributed by atoms with Crippen LogP contribution in [0.5, 0.6) is 11.6 Å². The van der Waals surface area contributed by atoms with Crippen molar-refractivity contribution in [2.24, 2.45) is 0 Å². The van der Waals surface area contributed by atoms with E-state index in [1.54, 1.807) is 24.1 Å². The maximum Gasteiger partial charge on any atom is 0.265 e. The number of para-hydroxylation sites is 2. The SMILES string of the molecule is CCN(CC)C(=O)CSc1nc(O)c(CCC[Si](C)(C)C)c(=O)n1-c1ccccc1OC. The minimum absolute atomic E-state index is 0.0421. The molecule has 0 spiro atoms. The van der Waals surface area contributed by atoms with Crippen molar-refractivity contribution in [1.82, 2.24) is 14.5 Å². The number of amides is 1. The van der Waals surface area contributed by atoms with Gasteiger partial charge >= 0.3 is 0 Å². The summed E-state index contributed by atoms with van der Waals surface area (Å²) in [6, 6.07) is 8.25. The summed E-state index contributed by atoms with van der Waals surface area (Å²) in [4.78, 5) is 32.1. The van der Waals surface area contributed by atoms with Gasteiger partial charge in [-0.1, -0.05) is 56.0 Å². The topological polar surface area (TPSA) is 84.7 Å². The molecular weight excluding hydrogens is 442 g/mol. The molecule has 1 amide bonds. The molecule has 0 aliphatic carbocycles. The fourth-order valence-corrected chi connectivity index (χ4v) is 5.59. The zero-order valence-corrected chi connectivity index (χ0v) is 21.8. The summed E-state index contributed by atoms with van der Waals surface area (Å²) in [6.07, 6.45) is 1.28. The highest BCUT2D eigenvalue weighted by molar-refractivity contribution is 7.99. The minimum Gasteiger partial charge on any atom is -0.495 e. The molecule has 0 saturated carbocycles. The van der Waals surface area contributed by atoms with E-state index in [2.05, 4.69) is 24.6 Å². The Hall–Kier alpha value is -2.26. The third-order valence-corrected chi connectivity index (χ3v) is 8.02. The standard InChI is InChI=1S/C23H35N3O4SSi/c1-7-25(8-2)20(27)16-31-23-24-21(28)17(12-11-15-32(4,5)6)22(29)26(23)18-13-9-10-14-19(18)30-3/h9-10,13-14,28H,7-8,11-12,15-16H2,1-6H3. The van der Waals surface area contributed by atoms with Crippen LogP contribution in [0.4, 0.5) is 0 Å². The number of thioether (sulfide) groups is 1. The second-order valence-corrected chi connectivity index (χ2v) is 15.3. The van der Waals surface area contributed by atoms with Crippen molar-refractivity contribution in [3.05, 3.63) is 40.2 Å². The summed E-state index contributed by atoms with van der Waals surface area (Å²) in [5.74, 6) is 0.346. The van der Waals surface area contributed by atoms with Gasteiger partial charge in [0, 0.05) is 21.2 Å². The molecule has 0 aliphatic rings. The first-order valence-corrected chi connectivity index (χ1v) is 15.7. The Morgan fingerprint density at radius 3 is 2.47 bits per heavy atom. The summed E-state index contributed by atoms with van der Waals surface area (Å²) >= 11 is 1.15. The predicted molar refractivity (Wildman–Crippen MR) is 133 cm³/mol. The summed E-state index contributed by atoms with van der Waals surface area (Å²) in [6.45, 7) is 11.9. The molecule has 0 radical (unpaired) electrons. The van der Waals surface area contributed by atoms with E-state index in [4.69, 9.17) is 4.74 Å². The molecule has 1 N–H and O–H groups in total. The number of benzene rings is 1. The number of nitrogens with zero attached hydrogens (tertiary/aromatic N) is 3. The van der Waals surface area contributed by atoms with E-state index < -0.39 is 8.07 Å². The Labute approximate surface area is 195 Å². The molecule has 176 valence electrons. The highest BCUT2D eigenvalue weighted by Gasteiger charge is 2.22. The van der Waals surface area contributed by atoms with Crippen LogP contribution in [0.15, 0.2) is 34.2 Å². The number of rotatable bonds is 11. The fourth-order valence-electron chi connectivity index (χ4n) is 3.46. The molecule has 0 fully saturated rings. The molecule has 2 rings (SSSR count). The first kappa shape index (κ1) is 26.0. The van der Waals surface area contributed by atoms with Crippen molar-refractivity contribution in [3.63, 3.8) is 0 Å². The Balaban J connectivity index is 2.50. The van der Waals surface area contributed by atoms with E-state index in [0.29, 0.717) is 36.5 Å². The van der Waals surface area contributed by atoms with Gasteiger partial charge in [-0.25, -0.2) is 0 Å². The molecule has 0 bridgehead atoms. The fraction of sp³-hybridized carbons (Fsp3) is 0.522. The number of carbonyl (C=O) groups excluding carboxylic acids is 1. The van der Waals surface area contributed by atoms with Gasteiger partial charge in [0.05, 0.1) is 24.1 Å². The number of hydrogen-bond donors (Lipinski definition) is 1. The van der Waals surface area contributed by atoms with Gasteiger partial charge in [-0.2, -0.15) is 4.98 Å². The van der Waals surface area contributed by atoms with Crippen LogP contribution in [0, 0.1) is 0 Å². The van der Waals surface area contributed by atoms with E-state index >= 15 is 0 Å². The molecule has 1 aromatic carbocycles. The van der Waals surface area contributed by atoms with Gasteiger partial charge in [0.2, 0.25) is 11.8 Å². The monoisotopic (exact) mass is 477 g/mol. The average Bonchev–Trinajstić information content (AvgIpc) is 2.74. The normalized spacial score (nSPS) is 11.4. The second-order valence-electron chi connectivity index (χ2n) is 8.78. The van der Waals surface area contributed by atoms with Crippen LogP contribution in [-0.4, -0.2) is 59.5 Å². The molecule has 1 heterocycles. The van der Waals surface area contributed by atoms with Crippen molar-refractivity contribution in [3.8, 4) is 17.3 Å². The van der Waals surface area contributed by atoms with Crippen molar-refractivity contribution < 1.29 is 14.6 Å². The van der Waals surface area contributed by atoms with Gasteiger partial charge in [-0.05, 0) is 32.4 Å². The zero-order valence-electron chi connectivity index (χ0n) is 20.0. The first-order chi connectivity index (χ1) is 15.1. The van der Waals surface area contributed by atoms with Gasteiger partial charge in [0.1, 0.15) is 5.75 Å². The summed E-state index contributed by atoms with van der Waals surface area (Å²) < 4.78 is 6.94. The van der Waals surface area contributed by atoms with E-state index in [9.17, 15) is 14.7 Å². The number of methoxy groups -OCH3 is 1. The van der Waals surface area contributed by atoms with E-state index in [0.717, 1.165) is 24.2 Å². The van der Waals surface area contributed by atoms with Crippen LogP contribution >= 0.6 is 11.8 Å². The third kappa shape index (κ3) is 6.62. The molecule has 0 atom stereocenters. The summed E-state index contributed by atoms with van der Waals surface area (Å²) in [5.41, 5.74) is 0.515. The summed E-state index contributed by atoms with van der Waals surface area (Å²) in [5, 5.41) is 10.9. The van der Waals surface area contributed by atoms with E-state index in [1.165, 1.54) is 4.57 Å². The molecule has 1 aromatic heterocycles. The Bertz CT molecular complexity index is 984. The van der Waals surface area contributed by atoms with Gasteiger partial charge in [-0.3, -0.25) is 14.2 Å². The van der Waals surface area contributed by atoms with Crippen molar-refractivity contribution in [2.75, 3.05) is 26.0 Å². The van der Waals surface area contributed by atoms with Gasteiger partial charge < -0.3 is 14.7 Å². The van der Waals surface area contributed by atoms with Crippen molar-refractivity contribution in [2.45, 2.75) is 57.5 Å². The summed E-state index contributed by atoms with van der Waals surface area (Å²) in [7, 11) is 0.275. The smallest absolute Gasteiger partial charge is 0.265 e. The lowest BCUT2D eigenvalue weighted by atomic mass is 10.2. The lowest BCUT2D eigenvalue weighted by Gasteiger charge is -2.20. The molecule has 0 aliphatic heterocycles. The van der Waals surface area contributed by atoms with Crippen LogP contribution in [0.25, 0.3) is 5.69 Å². The quantitative estimate of drug-likeness (QED) is 0.297. The molecule has 32 heavy (non-hydrogen) atoms. The van der Waals surface area contributed by atoms with Gasteiger partial charge in [-0.15, -0.1) is 0 Å². The zero-order chi connectivity index (χ0) is 23.9. The third-order valence-electron chi connectivity index (χ3n) is 5.24. The average molecular weight is 478 g/mol. The molecule has 0 unspecified atom stereocenters. The van der Waals surface area contributed by atoms with Gasteiger partial charge in [0.15, 0.2) is 5.16 Å². The molecule has 7 nitrogen and oxygen atoms in total. The second kappa shape index (κ2) is 11.6. The largest absolute Gasteiger partial charge is 0.495 e. The van der Waals surface area contributed by atoms with Crippen molar-refractivity contribution >= 4 is 25.7 Å². The lowest BCUT2D eigenvalue weighted by molar-refractivity contribution is -0.127. The number of aromatic nitrogens is 2. The van der Waals surface area contributed by atoms with Crippen LogP contribution < -0.4 is 10.3 Å². The Kier molecular flexibility index (Phi) is 9.39. The number of aromatic hydroxyl groups is 1. The predicted octanol–water partition coefficient (Wildman–Crippen LogP) is 4.18. The van der Waals surface area contributed by atoms with E-state index in [1.807, 2.05) is 26.0 Å². The van der Waals surface area contributed by atoms with Crippen LogP contribution in [0.1, 0.15) is 25.8 Å².